The Bertz CT molecular complexity index is 615. The maximum atomic E-state index is 12.5. The molecule has 0 aliphatic heterocycles. The first-order valence-electron chi connectivity index (χ1n) is 6.95. The predicted molar refractivity (Wildman–Crippen MR) is 88.5 cm³/mol. The van der Waals surface area contributed by atoms with Crippen LogP contribution in [0.5, 0.6) is 0 Å². The Morgan fingerprint density at radius 3 is 2.50 bits per heavy atom. The summed E-state index contributed by atoms with van der Waals surface area (Å²) in [5, 5.41) is 2.67. The van der Waals surface area contributed by atoms with Crippen LogP contribution in [-0.2, 0) is 14.8 Å². The molecule has 22 heavy (non-hydrogen) atoms. The quantitative estimate of drug-likeness (QED) is 0.684. The van der Waals surface area contributed by atoms with Crippen LogP contribution in [0.25, 0.3) is 0 Å². The molecule has 1 aromatic carbocycles. The van der Waals surface area contributed by atoms with Gasteiger partial charge >= 0.3 is 0 Å². The van der Waals surface area contributed by atoms with E-state index in [1.165, 1.54) is 16.4 Å². The van der Waals surface area contributed by atoms with Gasteiger partial charge in [-0.15, -0.1) is 0 Å². The van der Waals surface area contributed by atoms with E-state index < -0.39 is 10.0 Å². The van der Waals surface area contributed by atoms with E-state index in [1.54, 1.807) is 27.0 Å². The molecule has 0 heterocycles. The van der Waals surface area contributed by atoms with Crippen molar-refractivity contribution in [1.29, 1.82) is 0 Å². The molecule has 0 atom stereocenters. The van der Waals surface area contributed by atoms with E-state index in [4.69, 9.17) is 4.74 Å². The zero-order chi connectivity index (χ0) is 16.8. The van der Waals surface area contributed by atoms with Crippen molar-refractivity contribution in [3.8, 4) is 0 Å². The van der Waals surface area contributed by atoms with Gasteiger partial charge in [0.05, 0.1) is 17.1 Å². The lowest BCUT2D eigenvalue weighted by atomic mass is 10.2. The van der Waals surface area contributed by atoms with Crippen LogP contribution >= 0.6 is 15.9 Å². The fourth-order valence-corrected chi connectivity index (χ4v) is 3.82. The number of nitrogens with zero attached hydrogens (tertiary/aromatic N) is 1. The van der Waals surface area contributed by atoms with Gasteiger partial charge in [0.2, 0.25) is 10.0 Å². The van der Waals surface area contributed by atoms with Crippen molar-refractivity contribution in [2.75, 3.05) is 33.4 Å². The van der Waals surface area contributed by atoms with Gasteiger partial charge in [-0.2, -0.15) is 4.31 Å². The van der Waals surface area contributed by atoms with Crippen molar-refractivity contribution in [3.63, 3.8) is 0 Å². The highest BCUT2D eigenvalue weighted by Crippen LogP contribution is 2.23. The third-order valence-corrected chi connectivity index (χ3v) is 5.85. The molecule has 0 saturated heterocycles. The summed E-state index contributed by atoms with van der Waals surface area (Å²) in [7, 11) is -2.05. The highest BCUT2D eigenvalue weighted by Gasteiger charge is 2.23. The van der Waals surface area contributed by atoms with Gasteiger partial charge in [0, 0.05) is 31.2 Å². The maximum absolute atomic E-state index is 12.5. The number of benzene rings is 1. The van der Waals surface area contributed by atoms with Gasteiger partial charge in [0.25, 0.3) is 5.91 Å². The molecule has 1 amide bonds. The molecule has 0 spiro atoms. The average Bonchev–Trinajstić information content (AvgIpc) is 2.48. The lowest BCUT2D eigenvalue weighted by molar-refractivity contribution is 0.0936. The fraction of sp³-hybridized carbons (Fsp3) is 0.500. The third kappa shape index (κ3) is 4.52. The second-order valence-corrected chi connectivity index (χ2v) is 7.27. The van der Waals surface area contributed by atoms with Crippen LogP contribution in [0.4, 0.5) is 0 Å². The van der Waals surface area contributed by atoms with Crippen LogP contribution in [0, 0.1) is 0 Å². The van der Waals surface area contributed by atoms with E-state index in [9.17, 15) is 13.2 Å². The maximum Gasteiger partial charge on any atom is 0.252 e. The van der Waals surface area contributed by atoms with Crippen molar-refractivity contribution in [2.45, 2.75) is 18.7 Å². The summed E-state index contributed by atoms with van der Waals surface area (Å²) in [5.41, 5.74) is 0.282. The highest BCUT2D eigenvalue weighted by atomic mass is 79.9. The summed E-state index contributed by atoms with van der Waals surface area (Å²) in [4.78, 5) is 12.2. The van der Waals surface area contributed by atoms with Crippen molar-refractivity contribution < 1.29 is 17.9 Å². The Labute approximate surface area is 140 Å². The first-order chi connectivity index (χ1) is 10.4. The molecule has 0 bridgehead atoms. The van der Waals surface area contributed by atoms with Crippen molar-refractivity contribution in [1.82, 2.24) is 9.62 Å². The molecule has 0 aromatic heterocycles. The minimum absolute atomic E-state index is 0.108. The lowest BCUT2D eigenvalue weighted by Crippen LogP contribution is -2.31. The zero-order valence-corrected chi connectivity index (χ0v) is 15.3. The van der Waals surface area contributed by atoms with Crippen molar-refractivity contribution >= 4 is 31.9 Å². The van der Waals surface area contributed by atoms with Crippen LogP contribution < -0.4 is 5.32 Å². The molecule has 8 heteroatoms. The monoisotopic (exact) mass is 392 g/mol. The number of amides is 1. The first kappa shape index (κ1) is 19.1. The molecule has 1 rings (SSSR count). The summed E-state index contributed by atoms with van der Waals surface area (Å²) in [5.74, 6) is -0.347. The van der Waals surface area contributed by atoms with E-state index in [-0.39, 0.29) is 16.4 Å². The molecule has 1 N–H and O–H groups in total. The van der Waals surface area contributed by atoms with Gasteiger partial charge in [-0.3, -0.25) is 4.79 Å². The lowest BCUT2D eigenvalue weighted by Gasteiger charge is -2.19. The molecule has 0 radical (unpaired) electrons. The average molecular weight is 393 g/mol. The van der Waals surface area contributed by atoms with Gasteiger partial charge in [0.1, 0.15) is 0 Å². The fourth-order valence-electron chi connectivity index (χ4n) is 1.91. The van der Waals surface area contributed by atoms with Gasteiger partial charge in [0.15, 0.2) is 0 Å². The van der Waals surface area contributed by atoms with Crippen LogP contribution in [0.1, 0.15) is 24.2 Å². The molecule has 0 aliphatic carbocycles. The minimum Gasteiger partial charge on any atom is -0.383 e. The Hall–Kier alpha value is -0.960. The Kier molecular flexibility index (Phi) is 7.47. The topological polar surface area (TPSA) is 75.7 Å². The van der Waals surface area contributed by atoms with Gasteiger partial charge in [-0.05, 0) is 34.1 Å². The molecule has 0 aliphatic rings. The van der Waals surface area contributed by atoms with E-state index >= 15 is 0 Å². The zero-order valence-electron chi connectivity index (χ0n) is 12.9. The van der Waals surface area contributed by atoms with Crippen LogP contribution in [-0.4, -0.2) is 52.0 Å². The Balaban J connectivity index is 3.11. The number of nitrogens with one attached hydrogen (secondary N) is 1. The summed E-state index contributed by atoms with van der Waals surface area (Å²) in [6, 6.07) is 4.45. The second-order valence-electron chi connectivity index (χ2n) is 4.48. The van der Waals surface area contributed by atoms with Crippen LogP contribution in [0.2, 0.25) is 0 Å². The molecule has 0 saturated carbocycles. The number of ether oxygens (including phenoxy) is 1. The second kappa shape index (κ2) is 8.61. The molecular weight excluding hydrogens is 372 g/mol. The van der Waals surface area contributed by atoms with Crippen LogP contribution in [0.3, 0.4) is 0 Å². The number of sulfonamides is 1. The number of methoxy groups -OCH3 is 1. The molecule has 124 valence electrons. The van der Waals surface area contributed by atoms with Gasteiger partial charge in [-0.25, -0.2) is 8.42 Å². The smallest absolute Gasteiger partial charge is 0.252 e. The van der Waals surface area contributed by atoms with Gasteiger partial charge < -0.3 is 10.1 Å². The van der Waals surface area contributed by atoms with E-state index in [0.29, 0.717) is 30.7 Å². The summed E-state index contributed by atoms with van der Waals surface area (Å²) >= 11 is 3.28. The number of rotatable bonds is 8. The normalized spacial score (nSPS) is 11.7. The molecule has 6 nitrogen and oxygen atoms in total. The molecular formula is C14H21BrN2O4S. The predicted octanol–water partition coefficient (Wildman–Crippen LogP) is 1.86. The van der Waals surface area contributed by atoms with Gasteiger partial charge in [-0.1, -0.05) is 13.8 Å². The van der Waals surface area contributed by atoms with E-state index in [1.807, 2.05) is 0 Å². The van der Waals surface area contributed by atoms with E-state index in [0.717, 1.165) is 0 Å². The molecule has 0 fully saturated rings. The van der Waals surface area contributed by atoms with Crippen LogP contribution in [0.15, 0.2) is 27.6 Å². The minimum atomic E-state index is -3.59. The van der Waals surface area contributed by atoms with Crippen molar-refractivity contribution in [3.05, 3.63) is 28.2 Å². The van der Waals surface area contributed by atoms with E-state index in [2.05, 4.69) is 21.2 Å². The molecule has 1 aromatic rings. The third-order valence-electron chi connectivity index (χ3n) is 3.12. The SMILES string of the molecule is CCN(CC)S(=O)(=O)c1ccc(Br)c(C(=O)NCCOC)c1. The number of halogens is 1. The largest absolute Gasteiger partial charge is 0.383 e. The Morgan fingerprint density at radius 2 is 1.95 bits per heavy atom. The Morgan fingerprint density at radius 1 is 1.32 bits per heavy atom. The number of carbonyl (C=O) groups excluding carboxylic acids is 1. The summed E-state index contributed by atoms with van der Waals surface area (Å²) < 4.78 is 31.8. The molecule has 0 unspecified atom stereocenters. The first-order valence-corrected chi connectivity index (χ1v) is 9.18. The summed E-state index contributed by atoms with van der Waals surface area (Å²) in [6.45, 7) is 5.06. The number of hydrogen-bond donors (Lipinski definition) is 1. The van der Waals surface area contributed by atoms with Crippen molar-refractivity contribution in [2.24, 2.45) is 0 Å². The number of hydrogen-bond acceptors (Lipinski definition) is 4. The highest BCUT2D eigenvalue weighted by molar-refractivity contribution is 9.10. The summed E-state index contributed by atoms with van der Waals surface area (Å²) in [6.07, 6.45) is 0. The standard InChI is InChI=1S/C14H21BrN2O4S/c1-4-17(5-2)22(19,20)11-6-7-13(15)12(10-11)14(18)16-8-9-21-3/h6-7,10H,4-5,8-9H2,1-3H3,(H,16,18). The number of carbonyl (C=O) groups is 1.